The molecule has 0 aromatic heterocycles. The largest absolute Gasteiger partial charge is 0.460 e. The Labute approximate surface area is 98.5 Å². The molecule has 0 bridgehead atoms. The summed E-state index contributed by atoms with van der Waals surface area (Å²) in [7, 11) is 0. The Hall–Kier alpha value is -0.780. The molecule has 17 heavy (non-hydrogen) atoms. The molecule has 1 fully saturated rings. The fourth-order valence-corrected chi connectivity index (χ4v) is 1.92. The molecule has 2 unspecified atom stereocenters. The van der Waals surface area contributed by atoms with Gasteiger partial charge in [-0.05, 0) is 40.0 Å². The highest BCUT2D eigenvalue weighted by atomic mass is 19.4. The average molecular weight is 253 g/mol. The molecule has 0 heterocycles. The normalized spacial score (nSPS) is 30.4. The first-order chi connectivity index (χ1) is 7.45. The van der Waals surface area contributed by atoms with Gasteiger partial charge in [0.05, 0.1) is 5.92 Å². The van der Waals surface area contributed by atoms with E-state index in [4.69, 9.17) is 10.5 Å². The number of hydrogen-bond donors (Lipinski definition) is 1. The van der Waals surface area contributed by atoms with Crippen LogP contribution in [-0.4, -0.2) is 23.3 Å². The summed E-state index contributed by atoms with van der Waals surface area (Å²) in [6.45, 7) is 5.04. The highest BCUT2D eigenvalue weighted by Gasteiger charge is 2.57. The van der Waals surface area contributed by atoms with Crippen molar-refractivity contribution in [3.63, 3.8) is 0 Å². The number of ether oxygens (including phenoxy) is 1. The van der Waals surface area contributed by atoms with Gasteiger partial charge in [-0.2, -0.15) is 13.2 Å². The summed E-state index contributed by atoms with van der Waals surface area (Å²) in [6.07, 6.45) is -4.94. The van der Waals surface area contributed by atoms with Crippen molar-refractivity contribution < 1.29 is 22.7 Å². The summed E-state index contributed by atoms with van der Waals surface area (Å²) in [5, 5.41) is 0. The van der Waals surface area contributed by atoms with E-state index in [0.717, 1.165) is 0 Å². The Balaban J connectivity index is 2.65. The van der Waals surface area contributed by atoms with Gasteiger partial charge in [-0.1, -0.05) is 0 Å². The van der Waals surface area contributed by atoms with Crippen LogP contribution in [-0.2, 0) is 9.53 Å². The van der Waals surface area contributed by atoms with E-state index < -0.39 is 29.2 Å². The standard InChI is InChI=1S/C11H18F3NO2/c1-9(2,3)17-8(16)7-4-5-10(15,6-7)11(12,13)14/h7H,4-6,15H2,1-3H3. The van der Waals surface area contributed by atoms with Crippen molar-refractivity contribution in [2.45, 2.75) is 57.3 Å². The highest BCUT2D eigenvalue weighted by molar-refractivity contribution is 5.73. The summed E-state index contributed by atoms with van der Waals surface area (Å²) in [6, 6.07) is 0. The average Bonchev–Trinajstić information content (AvgIpc) is 2.44. The van der Waals surface area contributed by atoms with Crippen LogP contribution in [0.5, 0.6) is 0 Å². The maximum absolute atomic E-state index is 12.6. The molecule has 6 heteroatoms. The summed E-state index contributed by atoms with van der Waals surface area (Å²) in [5.74, 6) is -1.34. The molecule has 0 aromatic carbocycles. The molecule has 1 saturated carbocycles. The van der Waals surface area contributed by atoms with Gasteiger partial charge in [0.25, 0.3) is 0 Å². The number of nitrogens with two attached hydrogens (primary N) is 1. The first-order valence-electron chi connectivity index (χ1n) is 5.53. The Bertz CT molecular complexity index is 309. The Morgan fingerprint density at radius 2 is 1.88 bits per heavy atom. The molecule has 1 aliphatic carbocycles. The fourth-order valence-electron chi connectivity index (χ4n) is 1.92. The molecule has 3 nitrogen and oxygen atoms in total. The van der Waals surface area contributed by atoms with Crippen molar-refractivity contribution in [1.82, 2.24) is 0 Å². The van der Waals surface area contributed by atoms with Gasteiger partial charge in [0.15, 0.2) is 0 Å². The van der Waals surface area contributed by atoms with E-state index in [-0.39, 0.29) is 19.3 Å². The lowest BCUT2D eigenvalue weighted by molar-refractivity contribution is -0.186. The maximum Gasteiger partial charge on any atom is 0.406 e. The van der Waals surface area contributed by atoms with Crippen LogP contribution in [0.1, 0.15) is 40.0 Å². The van der Waals surface area contributed by atoms with E-state index in [1.807, 2.05) is 0 Å². The molecule has 0 aliphatic heterocycles. The van der Waals surface area contributed by atoms with Crippen molar-refractivity contribution in [1.29, 1.82) is 0 Å². The molecule has 100 valence electrons. The molecule has 0 radical (unpaired) electrons. The molecule has 0 saturated heterocycles. The van der Waals surface area contributed by atoms with Gasteiger partial charge in [0.1, 0.15) is 11.1 Å². The van der Waals surface area contributed by atoms with Crippen molar-refractivity contribution in [3.05, 3.63) is 0 Å². The first-order valence-corrected chi connectivity index (χ1v) is 5.53. The molecule has 2 N–H and O–H groups in total. The summed E-state index contributed by atoms with van der Waals surface area (Å²) in [5.41, 5.74) is 2.37. The summed E-state index contributed by atoms with van der Waals surface area (Å²) in [4.78, 5) is 11.6. The Morgan fingerprint density at radius 3 is 2.24 bits per heavy atom. The Morgan fingerprint density at radius 1 is 1.35 bits per heavy atom. The van der Waals surface area contributed by atoms with Crippen molar-refractivity contribution in [3.8, 4) is 0 Å². The molecule has 1 rings (SSSR count). The molecule has 0 aromatic rings. The van der Waals surface area contributed by atoms with Crippen LogP contribution in [0.2, 0.25) is 0 Å². The van der Waals surface area contributed by atoms with Gasteiger partial charge in [-0.25, -0.2) is 0 Å². The zero-order valence-corrected chi connectivity index (χ0v) is 10.2. The van der Waals surface area contributed by atoms with Crippen LogP contribution in [0.25, 0.3) is 0 Å². The Kier molecular flexibility index (Phi) is 3.49. The lowest BCUT2D eigenvalue weighted by Crippen LogP contribution is -2.51. The third-order valence-corrected chi connectivity index (χ3v) is 2.85. The zero-order chi connectivity index (χ0) is 13.5. The second-order valence-corrected chi connectivity index (χ2v) is 5.63. The predicted molar refractivity (Wildman–Crippen MR) is 56.2 cm³/mol. The third kappa shape index (κ3) is 3.34. The zero-order valence-electron chi connectivity index (χ0n) is 10.2. The van der Waals surface area contributed by atoms with Crippen molar-refractivity contribution in [2.24, 2.45) is 11.7 Å². The second-order valence-electron chi connectivity index (χ2n) is 5.63. The summed E-state index contributed by atoms with van der Waals surface area (Å²) >= 11 is 0. The second kappa shape index (κ2) is 4.15. The van der Waals surface area contributed by atoms with Crippen LogP contribution >= 0.6 is 0 Å². The van der Waals surface area contributed by atoms with E-state index in [2.05, 4.69) is 0 Å². The van der Waals surface area contributed by atoms with Crippen LogP contribution in [0.4, 0.5) is 13.2 Å². The maximum atomic E-state index is 12.6. The van der Waals surface area contributed by atoms with Gasteiger partial charge in [-0.15, -0.1) is 0 Å². The van der Waals surface area contributed by atoms with Crippen LogP contribution in [0.15, 0.2) is 0 Å². The molecule has 2 atom stereocenters. The number of hydrogen-bond acceptors (Lipinski definition) is 3. The van der Waals surface area contributed by atoms with Crippen LogP contribution in [0, 0.1) is 5.92 Å². The van der Waals surface area contributed by atoms with E-state index in [1.54, 1.807) is 20.8 Å². The summed E-state index contributed by atoms with van der Waals surface area (Å²) < 4.78 is 43.0. The fraction of sp³-hybridized carbons (Fsp3) is 0.909. The molecular weight excluding hydrogens is 235 g/mol. The highest BCUT2D eigenvalue weighted by Crippen LogP contribution is 2.44. The first kappa shape index (κ1) is 14.3. The van der Waals surface area contributed by atoms with Crippen molar-refractivity contribution >= 4 is 5.97 Å². The number of carbonyl (C=O) groups excluding carboxylic acids is 1. The van der Waals surface area contributed by atoms with Crippen LogP contribution < -0.4 is 5.73 Å². The van der Waals surface area contributed by atoms with Crippen LogP contribution in [0.3, 0.4) is 0 Å². The van der Waals surface area contributed by atoms with Crippen molar-refractivity contribution in [2.75, 3.05) is 0 Å². The molecular formula is C11H18F3NO2. The molecule has 1 aliphatic rings. The minimum Gasteiger partial charge on any atom is -0.460 e. The number of halogens is 3. The number of carbonyl (C=O) groups is 1. The van der Waals surface area contributed by atoms with E-state index in [9.17, 15) is 18.0 Å². The van der Waals surface area contributed by atoms with E-state index in [0.29, 0.717) is 0 Å². The van der Waals surface area contributed by atoms with Gasteiger partial charge in [0.2, 0.25) is 0 Å². The third-order valence-electron chi connectivity index (χ3n) is 2.85. The van der Waals surface area contributed by atoms with E-state index in [1.165, 1.54) is 0 Å². The predicted octanol–water partition coefficient (Wildman–Crippen LogP) is 2.39. The van der Waals surface area contributed by atoms with Gasteiger partial charge in [0, 0.05) is 0 Å². The van der Waals surface area contributed by atoms with Gasteiger partial charge >= 0.3 is 12.1 Å². The number of rotatable bonds is 1. The monoisotopic (exact) mass is 253 g/mol. The van der Waals surface area contributed by atoms with Gasteiger partial charge in [-0.3, -0.25) is 4.79 Å². The SMILES string of the molecule is CC(C)(C)OC(=O)C1CCC(N)(C(F)(F)F)C1. The number of esters is 1. The lowest BCUT2D eigenvalue weighted by atomic mass is 9.96. The minimum atomic E-state index is -4.47. The van der Waals surface area contributed by atoms with Gasteiger partial charge < -0.3 is 10.5 Å². The topological polar surface area (TPSA) is 52.3 Å². The van der Waals surface area contributed by atoms with E-state index >= 15 is 0 Å². The minimum absolute atomic E-state index is 0.130. The number of alkyl halides is 3. The smallest absolute Gasteiger partial charge is 0.406 e. The molecule has 0 amide bonds. The lowest BCUT2D eigenvalue weighted by Gasteiger charge is -2.27. The quantitative estimate of drug-likeness (QED) is 0.730. The molecule has 0 spiro atoms.